The van der Waals surface area contributed by atoms with Gasteiger partial charge in [-0.1, -0.05) is 6.07 Å². The molecule has 2 rings (SSSR count). The molecule has 0 saturated carbocycles. The van der Waals surface area contributed by atoms with E-state index in [0.717, 1.165) is 31.4 Å². The molecule has 122 valence electrons. The number of ether oxygens (including phenoxy) is 2. The maximum atomic E-state index is 14.1. The van der Waals surface area contributed by atoms with E-state index in [9.17, 15) is 27.5 Å². The van der Waals surface area contributed by atoms with Gasteiger partial charge in [0, 0.05) is 11.6 Å². The minimum absolute atomic E-state index is 0.0434. The molecule has 0 heterocycles. The van der Waals surface area contributed by atoms with Crippen LogP contribution < -0.4 is 4.74 Å². The molecule has 2 aromatic carbocycles. The van der Waals surface area contributed by atoms with Gasteiger partial charge in [0.05, 0.1) is 12.7 Å². The summed E-state index contributed by atoms with van der Waals surface area (Å²) in [5.74, 6) is -2.84. The van der Waals surface area contributed by atoms with Crippen LogP contribution in [0.5, 0.6) is 11.5 Å². The standard InChI is InChI=1S/C15H10F4O4/c1-22-14(21)8-2-3-12(13(16)6-8)9-4-10(20)7-11(5-9)23-15(17,18)19/h2-7,20H,1H3. The van der Waals surface area contributed by atoms with Gasteiger partial charge in [-0.05, 0) is 29.8 Å². The molecule has 0 aromatic heterocycles. The molecular formula is C15H10F4O4. The van der Waals surface area contributed by atoms with Gasteiger partial charge in [0.2, 0.25) is 0 Å². The molecule has 0 bridgehead atoms. The fraction of sp³-hybridized carbons (Fsp3) is 0.133. The van der Waals surface area contributed by atoms with Crippen LogP contribution in [0.3, 0.4) is 0 Å². The van der Waals surface area contributed by atoms with Gasteiger partial charge in [0.15, 0.2) is 0 Å². The molecule has 4 nitrogen and oxygen atoms in total. The van der Waals surface area contributed by atoms with E-state index in [0.29, 0.717) is 0 Å². The Morgan fingerprint density at radius 2 is 1.83 bits per heavy atom. The van der Waals surface area contributed by atoms with Gasteiger partial charge in [0.1, 0.15) is 17.3 Å². The van der Waals surface area contributed by atoms with Crippen LogP contribution in [0.4, 0.5) is 17.6 Å². The summed E-state index contributed by atoms with van der Waals surface area (Å²) in [5.41, 5.74) is -0.209. The Labute approximate surface area is 127 Å². The first kappa shape index (κ1) is 16.6. The highest BCUT2D eigenvalue weighted by Gasteiger charge is 2.31. The molecule has 0 radical (unpaired) electrons. The zero-order valence-electron chi connectivity index (χ0n) is 11.6. The average molecular weight is 330 g/mol. The largest absolute Gasteiger partial charge is 0.573 e. The zero-order valence-corrected chi connectivity index (χ0v) is 11.6. The third kappa shape index (κ3) is 4.12. The molecular weight excluding hydrogens is 320 g/mol. The summed E-state index contributed by atoms with van der Waals surface area (Å²) >= 11 is 0. The molecule has 0 spiro atoms. The first-order valence-corrected chi connectivity index (χ1v) is 6.17. The van der Waals surface area contributed by atoms with Gasteiger partial charge in [-0.2, -0.15) is 0 Å². The van der Waals surface area contributed by atoms with Crippen LogP contribution in [0, 0.1) is 5.82 Å². The molecule has 2 aromatic rings. The highest BCUT2D eigenvalue weighted by Crippen LogP contribution is 2.33. The summed E-state index contributed by atoms with van der Waals surface area (Å²) < 4.78 is 58.9. The summed E-state index contributed by atoms with van der Waals surface area (Å²) in [6.45, 7) is 0. The highest BCUT2D eigenvalue weighted by molar-refractivity contribution is 5.90. The molecule has 0 aliphatic heterocycles. The van der Waals surface area contributed by atoms with Gasteiger partial charge in [0.25, 0.3) is 0 Å². The predicted octanol–water partition coefficient (Wildman–Crippen LogP) is 3.88. The van der Waals surface area contributed by atoms with Gasteiger partial charge in [-0.25, -0.2) is 9.18 Å². The van der Waals surface area contributed by atoms with Crippen molar-refractivity contribution >= 4 is 5.97 Å². The Morgan fingerprint density at radius 3 is 2.39 bits per heavy atom. The van der Waals surface area contributed by atoms with Crippen LogP contribution in [0.1, 0.15) is 10.4 Å². The number of benzene rings is 2. The third-order valence-electron chi connectivity index (χ3n) is 2.83. The fourth-order valence-electron chi connectivity index (χ4n) is 1.93. The van der Waals surface area contributed by atoms with Crippen molar-refractivity contribution in [2.24, 2.45) is 0 Å². The summed E-state index contributed by atoms with van der Waals surface area (Å²) in [7, 11) is 1.13. The van der Waals surface area contributed by atoms with E-state index in [4.69, 9.17) is 0 Å². The molecule has 0 fully saturated rings. The maximum absolute atomic E-state index is 14.1. The summed E-state index contributed by atoms with van der Waals surface area (Å²) in [6.07, 6.45) is -4.95. The number of esters is 1. The van der Waals surface area contributed by atoms with Crippen LogP contribution in [0.2, 0.25) is 0 Å². The third-order valence-corrected chi connectivity index (χ3v) is 2.83. The lowest BCUT2D eigenvalue weighted by Gasteiger charge is -2.12. The number of phenols is 1. The predicted molar refractivity (Wildman–Crippen MR) is 71.5 cm³/mol. The Morgan fingerprint density at radius 1 is 1.13 bits per heavy atom. The van der Waals surface area contributed by atoms with Gasteiger partial charge < -0.3 is 14.6 Å². The molecule has 8 heteroatoms. The lowest BCUT2D eigenvalue weighted by Crippen LogP contribution is -2.17. The molecule has 0 saturated heterocycles. The molecule has 0 unspecified atom stereocenters. The highest BCUT2D eigenvalue weighted by atomic mass is 19.4. The van der Waals surface area contributed by atoms with Gasteiger partial charge in [-0.3, -0.25) is 0 Å². The second kappa shape index (κ2) is 6.15. The normalized spacial score (nSPS) is 11.2. The van der Waals surface area contributed by atoms with E-state index >= 15 is 0 Å². The number of halogens is 4. The smallest absolute Gasteiger partial charge is 0.508 e. The Bertz CT molecular complexity index is 741. The Kier molecular flexibility index (Phi) is 4.44. The van der Waals surface area contributed by atoms with E-state index < -0.39 is 29.6 Å². The van der Waals surface area contributed by atoms with Crippen molar-refractivity contribution in [2.75, 3.05) is 7.11 Å². The quantitative estimate of drug-likeness (QED) is 0.685. The maximum Gasteiger partial charge on any atom is 0.573 e. The van der Waals surface area contributed by atoms with Crippen molar-refractivity contribution in [1.82, 2.24) is 0 Å². The van der Waals surface area contributed by atoms with E-state index in [1.807, 2.05) is 0 Å². The van der Waals surface area contributed by atoms with Crippen LogP contribution in [0.25, 0.3) is 11.1 Å². The molecule has 0 aliphatic carbocycles. The number of alkyl halides is 3. The SMILES string of the molecule is COC(=O)c1ccc(-c2cc(O)cc(OC(F)(F)F)c2)c(F)c1. The number of rotatable bonds is 3. The van der Waals surface area contributed by atoms with Crippen LogP contribution in [-0.4, -0.2) is 24.5 Å². The van der Waals surface area contributed by atoms with E-state index in [-0.39, 0.29) is 16.7 Å². The number of aromatic hydroxyl groups is 1. The summed E-state index contributed by atoms with van der Waals surface area (Å²) in [4.78, 5) is 11.3. The van der Waals surface area contributed by atoms with Crippen molar-refractivity contribution in [1.29, 1.82) is 0 Å². The summed E-state index contributed by atoms with van der Waals surface area (Å²) in [5, 5.41) is 9.48. The zero-order chi connectivity index (χ0) is 17.2. The number of hydrogen-bond acceptors (Lipinski definition) is 4. The van der Waals surface area contributed by atoms with Crippen molar-refractivity contribution in [2.45, 2.75) is 6.36 Å². The van der Waals surface area contributed by atoms with Crippen molar-refractivity contribution < 1.29 is 36.9 Å². The van der Waals surface area contributed by atoms with Crippen molar-refractivity contribution in [3.63, 3.8) is 0 Å². The average Bonchev–Trinajstić information content (AvgIpc) is 2.43. The summed E-state index contributed by atoms with van der Waals surface area (Å²) in [6, 6.07) is 6.06. The molecule has 23 heavy (non-hydrogen) atoms. The molecule has 0 aliphatic rings. The number of methoxy groups -OCH3 is 1. The van der Waals surface area contributed by atoms with E-state index in [1.165, 1.54) is 12.1 Å². The lowest BCUT2D eigenvalue weighted by molar-refractivity contribution is -0.274. The topological polar surface area (TPSA) is 55.8 Å². The van der Waals surface area contributed by atoms with Gasteiger partial charge >= 0.3 is 12.3 Å². The minimum atomic E-state index is -4.95. The van der Waals surface area contributed by atoms with Crippen LogP contribution >= 0.6 is 0 Å². The van der Waals surface area contributed by atoms with Crippen LogP contribution in [-0.2, 0) is 4.74 Å². The molecule has 0 atom stereocenters. The second-order valence-corrected chi connectivity index (χ2v) is 4.45. The minimum Gasteiger partial charge on any atom is -0.508 e. The first-order chi connectivity index (χ1) is 10.7. The van der Waals surface area contributed by atoms with Crippen molar-refractivity contribution in [3.05, 3.63) is 47.8 Å². The lowest BCUT2D eigenvalue weighted by atomic mass is 10.0. The number of hydrogen-bond donors (Lipinski definition) is 1. The molecule has 1 N–H and O–H groups in total. The van der Waals surface area contributed by atoms with Crippen LogP contribution in [0.15, 0.2) is 36.4 Å². The van der Waals surface area contributed by atoms with E-state index in [2.05, 4.69) is 9.47 Å². The Hall–Kier alpha value is -2.77. The first-order valence-electron chi connectivity index (χ1n) is 6.17. The number of phenolic OH excluding ortho intramolecular Hbond substituents is 1. The number of carbonyl (C=O) groups excluding carboxylic acids is 1. The van der Waals surface area contributed by atoms with Crippen molar-refractivity contribution in [3.8, 4) is 22.6 Å². The van der Waals surface area contributed by atoms with Gasteiger partial charge in [-0.15, -0.1) is 13.2 Å². The van der Waals surface area contributed by atoms with E-state index in [1.54, 1.807) is 0 Å². The second-order valence-electron chi connectivity index (χ2n) is 4.45. The fourth-order valence-corrected chi connectivity index (χ4v) is 1.93. The Balaban J connectivity index is 2.44. The monoisotopic (exact) mass is 330 g/mol. The number of carbonyl (C=O) groups is 1. The molecule has 0 amide bonds.